The van der Waals surface area contributed by atoms with E-state index in [2.05, 4.69) is 20.3 Å². The molecule has 0 aromatic carbocycles. The van der Waals surface area contributed by atoms with Crippen molar-refractivity contribution in [3.63, 3.8) is 0 Å². The minimum atomic E-state index is -4.72. The Morgan fingerprint density at radius 3 is 2.68 bits per heavy atom. The summed E-state index contributed by atoms with van der Waals surface area (Å²) in [4.78, 5) is 25.7. The third-order valence-corrected chi connectivity index (χ3v) is 5.53. The first-order chi connectivity index (χ1) is 16.1. The van der Waals surface area contributed by atoms with E-state index < -0.39 is 11.9 Å². The highest BCUT2D eigenvalue weighted by molar-refractivity contribution is 6.10. The molecule has 2 aliphatic heterocycles. The fourth-order valence-electron chi connectivity index (χ4n) is 3.69. The van der Waals surface area contributed by atoms with Gasteiger partial charge in [0.25, 0.3) is 0 Å². The summed E-state index contributed by atoms with van der Waals surface area (Å²) in [5.74, 6) is 0.126. The van der Waals surface area contributed by atoms with E-state index >= 15 is 0 Å². The Labute approximate surface area is 195 Å². The summed E-state index contributed by atoms with van der Waals surface area (Å²) in [5.41, 5.74) is 11.9. The minimum Gasteiger partial charge on any atom is -0.394 e. The number of pyridine rings is 1. The molecule has 1 saturated heterocycles. The van der Waals surface area contributed by atoms with Crippen LogP contribution in [0.15, 0.2) is 45.3 Å². The molecule has 0 saturated carbocycles. The van der Waals surface area contributed by atoms with Crippen LogP contribution in [0.4, 0.5) is 18.9 Å². The normalized spacial score (nSPS) is 20.7. The van der Waals surface area contributed by atoms with Crippen LogP contribution in [0.25, 0.3) is 5.57 Å². The number of carbonyl (C=O) groups excluding carboxylic acids is 1. The lowest BCUT2D eigenvalue weighted by Crippen LogP contribution is -2.43. The van der Waals surface area contributed by atoms with Crippen LogP contribution >= 0.6 is 0 Å². The third kappa shape index (κ3) is 6.13. The van der Waals surface area contributed by atoms with Crippen LogP contribution in [-0.2, 0) is 9.53 Å². The summed E-state index contributed by atoms with van der Waals surface area (Å²) < 4.78 is 44.7. The van der Waals surface area contributed by atoms with Gasteiger partial charge in [-0.05, 0) is 18.6 Å². The standard InChI is InChI=1S/C22H28F3N7O2/c1-13(33)32-7-5-19(30-15-6-8-34-12-15)17(11-32)21(27)31-14-3-4-18(29-9-14)16(10-28-2)20(26)22(23,24)25/h3-4,9-10,15,30H,5-8,11-12,26H2,1-2H3,(H2,27,31)/b20-16+,28-10?. The van der Waals surface area contributed by atoms with Crippen molar-refractivity contribution in [2.45, 2.75) is 32.0 Å². The number of aromatic nitrogens is 1. The number of amides is 1. The molecule has 184 valence electrons. The van der Waals surface area contributed by atoms with E-state index in [9.17, 15) is 18.0 Å². The highest BCUT2D eigenvalue weighted by Crippen LogP contribution is 2.28. The van der Waals surface area contributed by atoms with Crippen molar-refractivity contribution < 1.29 is 22.7 Å². The molecule has 3 heterocycles. The average molecular weight is 480 g/mol. The number of nitrogens with two attached hydrogens (primary N) is 2. The molecule has 9 nitrogen and oxygen atoms in total. The number of hydrogen-bond acceptors (Lipinski definition) is 7. The molecule has 12 heteroatoms. The number of rotatable bonds is 6. The minimum absolute atomic E-state index is 0.00109. The quantitative estimate of drug-likeness (QED) is 0.422. The molecule has 1 amide bonds. The number of nitrogens with one attached hydrogen (secondary N) is 1. The summed E-state index contributed by atoms with van der Waals surface area (Å²) in [7, 11) is 1.34. The van der Waals surface area contributed by atoms with Crippen LogP contribution in [0.3, 0.4) is 0 Å². The number of carbonyl (C=O) groups is 1. The van der Waals surface area contributed by atoms with Gasteiger partial charge in [-0.2, -0.15) is 13.2 Å². The van der Waals surface area contributed by atoms with E-state index in [4.69, 9.17) is 16.2 Å². The molecule has 5 N–H and O–H groups in total. The van der Waals surface area contributed by atoms with Crippen LogP contribution in [0.5, 0.6) is 0 Å². The van der Waals surface area contributed by atoms with E-state index in [-0.39, 0.29) is 29.1 Å². The third-order valence-electron chi connectivity index (χ3n) is 5.53. The van der Waals surface area contributed by atoms with Crippen LogP contribution in [0.1, 0.15) is 25.5 Å². The van der Waals surface area contributed by atoms with Crippen molar-refractivity contribution in [1.82, 2.24) is 15.2 Å². The van der Waals surface area contributed by atoms with E-state index in [1.54, 1.807) is 4.90 Å². The summed E-state index contributed by atoms with van der Waals surface area (Å²) in [6, 6.07) is 3.02. The van der Waals surface area contributed by atoms with E-state index in [1.165, 1.54) is 32.3 Å². The molecular formula is C22H28F3N7O2. The predicted octanol–water partition coefficient (Wildman–Crippen LogP) is 1.89. The maximum Gasteiger partial charge on any atom is 0.431 e. The van der Waals surface area contributed by atoms with E-state index in [1.807, 2.05) is 0 Å². The molecule has 2 aliphatic rings. The lowest BCUT2D eigenvalue weighted by Gasteiger charge is -2.31. The summed E-state index contributed by atoms with van der Waals surface area (Å²) >= 11 is 0. The van der Waals surface area contributed by atoms with Gasteiger partial charge in [-0.25, -0.2) is 4.99 Å². The van der Waals surface area contributed by atoms with Crippen molar-refractivity contribution in [1.29, 1.82) is 0 Å². The number of aliphatic imine (C=N–C) groups is 2. The van der Waals surface area contributed by atoms with E-state index in [0.717, 1.165) is 18.3 Å². The first-order valence-corrected chi connectivity index (χ1v) is 10.7. The summed E-state index contributed by atoms with van der Waals surface area (Å²) in [6.07, 6.45) is -0.938. The number of halogens is 3. The van der Waals surface area contributed by atoms with Gasteiger partial charge in [-0.3, -0.25) is 14.8 Å². The SMILES string of the molecule is CN=C/C(=C(\N)C(F)(F)F)c1ccc(N=C(N)C2=C(NC3CCOC3)CCN(C(C)=O)C2)cn1. The Balaban J connectivity index is 1.90. The van der Waals surface area contributed by atoms with Gasteiger partial charge in [-0.1, -0.05) is 0 Å². The first kappa shape index (κ1) is 25.2. The molecule has 3 rings (SSSR count). The Bertz CT molecular complexity index is 1020. The molecular weight excluding hydrogens is 451 g/mol. The Morgan fingerprint density at radius 1 is 1.35 bits per heavy atom. The van der Waals surface area contributed by atoms with Gasteiger partial charge in [-0.15, -0.1) is 0 Å². The zero-order valence-electron chi connectivity index (χ0n) is 19.0. The maximum atomic E-state index is 13.1. The van der Waals surface area contributed by atoms with Crippen molar-refractivity contribution >= 4 is 29.2 Å². The number of allylic oxidation sites excluding steroid dienone is 2. The number of ether oxygens (including phenoxy) is 1. The molecule has 1 fully saturated rings. The zero-order chi connectivity index (χ0) is 24.9. The van der Waals surface area contributed by atoms with Crippen LogP contribution in [-0.4, -0.2) is 73.4 Å². The largest absolute Gasteiger partial charge is 0.431 e. The Morgan fingerprint density at radius 2 is 2.12 bits per heavy atom. The molecule has 1 unspecified atom stereocenters. The van der Waals surface area contributed by atoms with Crippen molar-refractivity contribution in [2.75, 3.05) is 33.4 Å². The highest BCUT2D eigenvalue weighted by Gasteiger charge is 2.34. The van der Waals surface area contributed by atoms with Crippen molar-refractivity contribution in [2.24, 2.45) is 21.5 Å². The van der Waals surface area contributed by atoms with Gasteiger partial charge in [0.1, 0.15) is 11.5 Å². The Kier molecular flexibility index (Phi) is 7.92. The number of nitrogens with zero attached hydrogens (tertiary/aromatic N) is 4. The predicted molar refractivity (Wildman–Crippen MR) is 123 cm³/mol. The molecule has 34 heavy (non-hydrogen) atoms. The fraction of sp³-hybridized carbons (Fsp3) is 0.455. The summed E-state index contributed by atoms with van der Waals surface area (Å²) in [5, 5.41) is 3.46. The maximum absolute atomic E-state index is 13.1. The van der Waals surface area contributed by atoms with Gasteiger partial charge in [0.15, 0.2) is 0 Å². The van der Waals surface area contributed by atoms with Crippen LogP contribution < -0.4 is 16.8 Å². The van der Waals surface area contributed by atoms with Crippen molar-refractivity contribution in [3.8, 4) is 0 Å². The van der Waals surface area contributed by atoms with Gasteiger partial charge in [0.05, 0.1) is 36.8 Å². The van der Waals surface area contributed by atoms with Gasteiger partial charge in [0.2, 0.25) is 5.91 Å². The molecule has 0 spiro atoms. The molecule has 0 aliphatic carbocycles. The monoisotopic (exact) mass is 479 g/mol. The molecule has 1 aromatic heterocycles. The second kappa shape index (κ2) is 10.7. The number of alkyl halides is 3. The number of hydrogen-bond donors (Lipinski definition) is 3. The second-order valence-corrected chi connectivity index (χ2v) is 7.96. The zero-order valence-corrected chi connectivity index (χ0v) is 19.0. The van der Waals surface area contributed by atoms with Gasteiger partial charge in [0, 0.05) is 56.6 Å². The highest BCUT2D eigenvalue weighted by atomic mass is 19.4. The smallest absolute Gasteiger partial charge is 0.394 e. The van der Waals surface area contributed by atoms with Crippen molar-refractivity contribution in [3.05, 3.63) is 41.0 Å². The fourth-order valence-corrected chi connectivity index (χ4v) is 3.69. The molecule has 1 aromatic rings. The number of amidine groups is 1. The van der Waals surface area contributed by atoms with Crippen LogP contribution in [0, 0.1) is 0 Å². The topological polar surface area (TPSA) is 131 Å². The lowest BCUT2D eigenvalue weighted by molar-refractivity contribution is -0.128. The summed E-state index contributed by atoms with van der Waals surface area (Å²) in [6.45, 7) is 3.63. The molecule has 0 bridgehead atoms. The van der Waals surface area contributed by atoms with Crippen LogP contribution in [0.2, 0.25) is 0 Å². The lowest BCUT2D eigenvalue weighted by atomic mass is 10.0. The van der Waals surface area contributed by atoms with E-state index in [0.29, 0.717) is 44.0 Å². The second-order valence-electron chi connectivity index (χ2n) is 7.96. The molecule has 1 atom stereocenters. The molecule has 0 radical (unpaired) electrons. The average Bonchev–Trinajstić information content (AvgIpc) is 3.30. The Hall–Kier alpha value is -3.41. The van der Waals surface area contributed by atoms with Gasteiger partial charge < -0.3 is 26.4 Å². The first-order valence-electron chi connectivity index (χ1n) is 10.7. The van der Waals surface area contributed by atoms with Gasteiger partial charge >= 0.3 is 6.18 Å².